The zero-order chi connectivity index (χ0) is 20.5. The van der Waals surface area contributed by atoms with Gasteiger partial charge in [-0.25, -0.2) is 12.8 Å². The van der Waals surface area contributed by atoms with E-state index in [1.807, 2.05) is 0 Å². The van der Waals surface area contributed by atoms with Crippen molar-refractivity contribution in [1.29, 1.82) is 0 Å². The molecule has 0 N–H and O–H groups in total. The Kier molecular flexibility index (Phi) is 6.07. The molecule has 28 heavy (non-hydrogen) atoms. The summed E-state index contributed by atoms with van der Waals surface area (Å²) in [5.74, 6) is -0.626. The van der Waals surface area contributed by atoms with Gasteiger partial charge in [0, 0.05) is 26.2 Å². The Morgan fingerprint density at radius 3 is 2.43 bits per heavy atom. The normalized spacial score (nSPS) is 16.2. The molecule has 7 nitrogen and oxygen atoms in total. The van der Waals surface area contributed by atoms with Crippen LogP contribution < -0.4 is 0 Å². The Bertz CT molecular complexity index is 975. The van der Waals surface area contributed by atoms with Crippen molar-refractivity contribution in [2.75, 3.05) is 26.2 Å². The van der Waals surface area contributed by atoms with Gasteiger partial charge in [0.05, 0.1) is 21.3 Å². The topological polar surface area (TPSA) is 75.5 Å². The molecule has 0 radical (unpaired) electrons. The van der Waals surface area contributed by atoms with Crippen LogP contribution in [0.2, 0.25) is 5.02 Å². The van der Waals surface area contributed by atoms with Crippen molar-refractivity contribution in [2.45, 2.75) is 31.7 Å². The molecular weight excluding hydrogens is 407 g/mol. The zero-order valence-electron chi connectivity index (χ0n) is 15.7. The number of aryl methyl sites for hydroxylation is 1. The fourth-order valence-corrected chi connectivity index (χ4v) is 4.80. The van der Waals surface area contributed by atoms with Crippen molar-refractivity contribution in [1.82, 2.24) is 19.0 Å². The van der Waals surface area contributed by atoms with E-state index in [4.69, 9.17) is 11.6 Å². The highest BCUT2D eigenvalue weighted by molar-refractivity contribution is 7.89. The number of aromatic nitrogens is 2. The number of amides is 1. The summed E-state index contributed by atoms with van der Waals surface area (Å²) >= 11 is 6.13. The van der Waals surface area contributed by atoms with Gasteiger partial charge < -0.3 is 4.90 Å². The number of carbonyl (C=O) groups is 1. The number of hydrogen-bond donors (Lipinski definition) is 0. The predicted octanol–water partition coefficient (Wildman–Crippen LogP) is 2.22. The first-order valence-corrected chi connectivity index (χ1v) is 10.7. The highest BCUT2D eigenvalue weighted by Gasteiger charge is 2.28. The van der Waals surface area contributed by atoms with Crippen LogP contribution in [-0.2, 0) is 21.4 Å². The maximum Gasteiger partial charge on any atom is 0.244 e. The molecule has 1 saturated heterocycles. The standard InChI is InChI=1S/C18H22ClFN4O3S/c1-13-18(19)14(2)24(21-13)12-17(25)22-8-3-9-23(11-10-22)28(26,27)16-6-4-15(20)5-7-16/h4-7H,3,8-12H2,1-2H3. The minimum absolute atomic E-state index is 0.0472. The van der Waals surface area contributed by atoms with Crippen molar-refractivity contribution in [2.24, 2.45) is 0 Å². The van der Waals surface area contributed by atoms with Crippen LogP contribution in [0.4, 0.5) is 4.39 Å². The Labute approximate surface area is 168 Å². The molecule has 0 bridgehead atoms. The van der Waals surface area contributed by atoms with Crippen LogP contribution in [0.15, 0.2) is 29.2 Å². The summed E-state index contributed by atoms with van der Waals surface area (Å²) in [5.41, 5.74) is 1.39. The molecular formula is C18H22ClFN4O3S. The van der Waals surface area contributed by atoms with Gasteiger partial charge >= 0.3 is 0 Å². The van der Waals surface area contributed by atoms with Gasteiger partial charge in [-0.2, -0.15) is 9.40 Å². The van der Waals surface area contributed by atoms with Crippen LogP contribution in [0.25, 0.3) is 0 Å². The highest BCUT2D eigenvalue weighted by Crippen LogP contribution is 2.20. The van der Waals surface area contributed by atoms with Crippen molar-refractivity contribution in [3.8, 4) is 0 Å². The van der Waals surface area contributed by atoms with E-state index in [2.05, 4.69) is 5.10 Å². The molecule has 3 rings (SSSR count). The summed E-state index contributed by atoms with van der Waals surface area (Å²) in [4.78, 5) is 14.4. The number of rotatable bonds is 4. The molecule has 10 heteroatoms. The maximum atomic E-state index is 13.1. The Hall–Kier alpha value is -1.97. The van der Waals surface area contributed by atoms with Gasteiger partial charge in [-0.05, 0) is 44.5 Å². The third-order valence-electron chi connectivity index (χ3n) is 4.84. The lowest BCUT2D eigenvalue weighted by molar-refractivity contribution is -0.131. The molecule has 1 aliphatic heterocycles. The maximum absolute atomic E-state index is 13.1. The average Bonchev–Trinajstić information content (AvgIpc) is 2.86. The highest BCUT2D eigenvalue weighted by atomic mass is 35.5. The Morgan fingerprint density at radius 2 is 1.82 bits per heavy atom. The third kappa shape index (κ3) is 4.21. The lowest BCUT2D eigenvalue weighted by Crippen LogP contribution is -2.38. The number of benzene rings is 1. The van der Waals surface area contributed by atoms with E-state index in [0.29, 0.717) is 30.2 Å². The second kappa shape index (κ2) is 8.18. The van der Waals surface area contributed by atoms with Crippen LogP contribution >= 0.6 is 11.6 Å². The number of sulfonamides is 1. The molecule has 1 fully saturated rings. The van der Waals surface area contributed by atoms with Gasteiger partial charge in [0.2, 0.25) is 15.9 Å². The van der Waals surface area contributed by atoms with Gasteiger partial charge in [0.25, 0.3) is 0 Å². The molecule has 2 heterocycles. The minimum Gasteiger partial charge on any atom is -0.340 e. The molecule has 1 aliphatic rings. The van der Waals surface area contributed by atoms with Crippen molar-refractivity contribution < 1.29 is 17.6 Å². The minimum atomic E-state index is -3.73. The predicted molar refractivity (Wildman–Crippen MR) is 103 cm³/mol. The molecule has 1 aromatic carbocycles. The van der Waals surface area contributed by atoms with E-state index < -0.39 is 15.8 Å². The van der Waals surface area contributed by atoms with Crippen LogP contribution in [-0.4, -0.2) is 59.5 Å². The van der Waals surface area contributed by atoms with E-state index in [1.165, 1.54) is 16.4 Å². The van der Waals surface area contributed by atoms with E-state index in [0.717, 1.165) is 17.8 Å². The fourth-order valence-electron chi connectivity index (χ4n) is 3.20. The summed E-state index contributed by atoms with van der Waals surface area (Å²) in [6.45, 7) is 4.87. The quantitative estimate of drug-likeness (QED) is 0.748. The molecule has 0 aliphatic carbocycles. The second-order valence-corrected chi connectivity index (χ2v) is 9.05. The van der Waals surface area contributed by atoms with E-state index in [-0.39, 0.29) is 30.4 Å². The number of hydrogen-bond acceptors (Lipinski definition) is 4. The molecule has 1 amide bonds. The van der Waals surface area contributed by atoms with E-state index in [1.54, 1.807) is 23.4 Å². The number of carbonyl (C=O) groups excluding carboxylic acids is 1. The Morgan fingerprint density at radius 1 is 1.14 bits per heavy atom. The molecule has 0 spiro atoms. The van der Waals surface area contributed by atoms with Crippen LogP contribution in [0, 0.1) is 19.7 Å². The lowest BCUT2D eigenvalue weighted by atomic mass is 10.3. The van der Waals surface area contributed by atoms with Crippen LogP contribution in [0.5, 0.6) is 0 Å². The number of halogens is 2. The molecule has 2 aromatic rings. The van der Waals surface area contributed by atoms with Gasteiger partial charge in [-0.15, -0.1) is 0 Å². The lowest BCUT2D eigenvalue weighted by Gasteiger charge is -2.22. The van der Waals surface area contributed by atoms with E-state index in [9.17, 15) is 17.6 Å². The van der Waals surface area contributed by atoms with Crippen molar-refractivity contribution in [3.63, 3.8) is 0 Å². The molecule has 1 aromatic heterocycles. The zero-order valence-corrected chi connectivity index (χ0v) is 17.3. The second-order valence-electron chi connectivity index (χ2n) is 6.73. The Balaban J connectivity index is 1.68. The molecule has 0 unspecified atom stereocenters. The third-order valence-corrected chi connectivity index (χ3v) is 7.30. The smallest absolute Gasteiger partial charge is 0.244 e. The van der Waals surface area contributed by atoms with Gasteiger partial charge in [-0.1, -0.05) is 11.6 Å². The summed E-state index contributed by atoms with van der Waals surface area (Å²) in [6.07, 6.45) is 0.518. The largest absolute Gasteiger partial charge is 0.340 e. The first-order chi connectivity index (χ1) is 13.2. The molecule has 0 saturated carbocycles. The van der Waals surface area contributed by atoms with Gasteiger partial charge in [0.1, 0.15) is 12.4 Å². The first-order valence-electron chi connectivity index (χ1n) is 8.93. The van der Waals surface area contributed by atoms with Crippen LogP contribution in [0.3, 0.4) is 0 Å². The van der Waals surface area contributed by atoms with Gasteiger partial charge in [0.15, 0.2) is 0 Å². The summed E-state index contributed by atoms with van der Waals surface area (Å²) in [5, 5.41) is 4.81. The SMILES string of the molecule is Cc1nn(CC(=O)N2CCCN(S(=O)(=O)c3ccc(F)cc3)CC2)c(C)c1Cl. The number of nitrogens with zero attached hydrogens (tertiary/aromatic N) is 4. The van der Waals surface area contributed by atoms with Crippen LogP contribution in [0.1, 0.15) is 17.8 Å². The molecule has 0 atom stereocenters. The summed E-state index contributed by atoms with van der Waals surface area (Å²) in [6, 6.07) is 4.76. The fraction of sp³-hybridized carbons (Fsp3) is 0.444. The van der Waals surface area contributed by atoms with Crippen molar-refractivity contribution >= 4 is 27.5 Å². The summed E-state index contributed by atoms with van der Waals surface area (Å²) in [7, 11) is -3.73. The van der Waals surface area contributed by atoms with E-state index >= 15 is 0 Å². The molecule has 152 valence electrons. The van der Waals surface area contributed by atoms with Gasteiger partial charge in [-0.3, -0.25) is 9.48 Å². The average molecular weight is 429 g/mol. The first kappa shape index (κ1) is 20.8. The van der Waals surface area contributed by atoms with Crippen molar-refractivity contribution in [3.05, 3.63) is 46.5 Å². The monoisotopic (exact) mass is 428 g/mol. The summed E-state index contributed by atoms with van der Waals surface area (Å²) < 4.78 is 41.5.